The van der Waals surface area contributed by atoms with Crippen LogP contribution in [0.3, 0.4) is 0 Å². The number of fused-ring (bicyclic) bond motifs is 5. The summed E-state index contributed by atoms with van der Waals surface area (Å²) in [6, 6.07) is 3.95. The summed E-state index contributed by atoms with van der Waals surface area (Å²) in [4.78, 5) is 26.5. The van der Waals surface area contributed by atoms with E-state index in [4.69, 9.17) is 11.6 Å². The van der Waals surface area contributed by atoms with E-state index in [2.05, 4.69) is 33.0 Å². The zero-order valence-corrected chi connectivity index (χ0v) is 24.0. The molecule has 5 rings (SSSR count). The SMILES string of the molecule is CCC(NC(=O)C[C@@H](C)C1CC[C@H]2[C@@H]3[C@H](O)C[C@@H]4CC(=O)CC[C@]4(C)[C@H]3CC[C@]12C)c1ccc(Cl)s1. The highest BCUT2D eigenvalue weighted by Crippen LogP contribution is 2.68. The fraction of sp³-hybridized carbons (Fsp3) is 0.800. The number of hydrogen-bond acceptors (Lipinski definition) is 4. The minimum atomic E-state index is -0.288. The van der Waals surface area contributed by atoms with Gasteiger partial charge in [-0.1, -0.05) is 39.3 Å². The van der Waals surface area contributed by atoms with Crippen molar-refractivity contribution >= 4 is 34.6 Å². The van der Waals surface area contributed by atoms with Gasteiger partial charge >= 0.3 is 0 Å². The van der Waals surface area contributed by atoms with Crippen molar-refractivity contribution in [3.63, 3.8) is 0 Å². The smallest absolute Gasteiger partial charge is 0.220 e. The number of carbonyl (C=O) groups is 2. The summed E-state index contributed by atoms with van der Waals surface area (Å²) in [5.41, 5.74) is 0.379. The summed E-state index contributed by atoms with van der Waals surface area (Å²) in [7, 11) is 0. The average molecular weight is 534 g/mol. The molecule has 0 saturated heterocycles. The molecule has 1 amide bonds. The quantitative estimate of drug-likeness (QED) is 0.406. The molecule has 1 heterocycles. The van der Waals surface area contributed by atoms with Crippen LogP contribution in [0.1, 0.15) is 103 Å². The number of rotatable bonds is 6. The Kier molecular flexibility index (Phi) is 7.41. The molecule has 0 radical (unpaired) electrons. The van der Waals surface area contributed by atoms with Crippen LogP contribution in [0.25, 0.3) is 0 Å². The third-order valence-corrected chi connectivity index (χ3v) is 12.8. The highest BCUT2D eigenvalue weighted by molar-refractivity contribution is 7.16. The van der Waals surface area contributed by atoms with E-state index in [0.29, 0.717) is 54.1 Å². The number of Topliss-reactive ketones (excluding diaryl/α,β-unsaturated/α-hetero) is 1. The van der Waals surface area contributed by atoms with Crippen molar-refractivity contribution in [3.8, 4) is 0 Å². The standard InChI is InChI=1S/C30H44ClNO3S/c1-5-23(25-8-9-26(31)36-25)32-27(35)14-17(2)20-6-7-21-28-22(11-13-30(20,21)4)29(3)12-10-19(33)15-18(29)16-24(28)34/h8-9,17-18,20-24,28,34H,5-7,10-16H2,1-4H3,(H,32,35)/t17-,18+,20?,21+,22+,23?,24-,28+,29+,30-/m1/s1. The number of thiophene rings is 1. The minimum absolute atomic E-state index is 0.0259. The van der Waals surface area contributed by atoms with Gasteiger partial charge in [-0.05, 0) is 103 Å². The Morgan fingerprint density at radius 1 is 1.19 bits per heavy atom. The molecule has 2 N–H and O–H groups in total. The van der Waals surface area contributed by atoms with Crippen LogP contribution in [0.5, 0.6) is 0 Å². The van der Waals surface area contributed by atoms with Gasteiger partial charge in [0.1, 0.15) is 5.78 Å². The van der Waals surface area contributed by atoms with Crippen molar-refractivity contribution < 1.29 is 14.7 Å². The van der Waals surface area contributed by atoms with Gasteiger partial charge in [0.2, 0.25) is 5.91 Å². The van der Waals surface area contributed by atoms with E-state index in [1.165, 1.54) is 6.42 Å². The number of ketones is 1. The molecule has 10 atom stereocenters. The van der Waals surface area contributed by atoms with Crippen molar-refractivity contribution in [2.75, 3.05) is 0 Å². The summed E-state index contributed by atoms with van der Waals surface area (Å²) in [5, 5.41) is 14.7. The van der Waals surface area contributed by atoms with Crippen LogP contribution in [0.4, 0.5) is 0 Å². The molecule has 1 aromatic heterocycles. The predicted molar refractivity (Wildman–Crippen MR) is 146 cm³/mol. The molecule has 36 heavy (non-hydrogen) atoms. The second kappa shape index (κ2) is 10.0. The summed E-state index contributed by atoms with van der Waals surface area (Å²) < 4.78 is 0.761. The van der Waals surface area contributed by atoms with Crippen LogP contribution in [-0.2, 0) is 9.59 Å². The molecule has 1 aromatic rings. The third-order valence-electron chi connectivity index (χ3n) is 11.4. The third kappa shape index (κ3) is 4.49. The first-order chi connectivity index (χ1) is 17.1. The van der Waals surface area contributed by atoms with Gasteiger partial charge < -0.3 is 10.4 Å². The van der Waals surface area contributed by atoms with Crippen molar-refractivity contribution in [1.29, 1.82) is 0 Å². The highest BCUT2D eigenvalue weighted by atomic mass is 35.5. The number of halogens is 1. The van der Waals surface area contributed by atoms with Gasteiger partial charge in [0.05, 0.1) is 16.5 Å². The molecule has 0 aliphatic heterocycles. The van der Waals surface area contributed by atoms with Crippen LogP contribution in [0.2, 0.25) is 4.34 Å². The molecule has 0 spiro atoms. The molecule has 0 aromatic carbocycles. The van der Waals surface area contributed by atoms with Gasteiger partial charge in [-0.25, -0.2) is 0 Å². The average Bonchev–Trinajstić information content (AvgIpc) is 3.41. The molecule has 200 valence electrons. The fourth-order valence-corrected chi connectivity index (χ4v) is 10.8. The Bertz CT molecular complexity index is 995. The van der Waals surface area contributed by atoms with E-state index >= 15 is 0 Å². The van der Waals surface area contributed by atoms with Gasteiger partial charge in [-0.3, -0.25) is 9.59 Å². The van der Waals surface area contributed by atoms with Gasteiger partial charge in [0, 0.05) is 24.1 Å². The number of hydrogen-bond donors (Lipinski definition) is 2. The first-order valence-corrected chi connectivity index (χ1v) is 15.5. The van der Waals surface area contributed by atoms with E-state index in [9.17, 15) is 14.7 Å². The Labute approximate surface area is 226 Å². The molecular formula is C30H44ClNO3S. The molecule has 4 saturated carbocycles. The number of amides is 1. The molecule has 4 fully saturated rings. The first kappa shape index (κ1) is 26.7. The topological polar surface area (TPSA) is 66.4 Å². The lowest BCUT2D eigenvalue weighted by Gasteiger charge is -2.61. The lowest BCUT2D eigenvalue weighted by molar-refractivity contribution is -0.169. The van der Waals surface area contributed by atoms with E-state index in [-0.39, 0.29) is 28.9 Å². The minimum Gasteiger partial charge on any atom is -0.393 e. The van der Waals surface area contributed by atoms with Crippen LogP contribution in [0, 0.1) is 46.3 Å². The maximum Gasteiger partial charge on any atom is 0.220 e. The Hall–Kier alpha value is -0.910. The molecule has 4 aliphatic carbocycles. The first-order valence-electron chi connectivity index (χ1n) is 14.3. The Morgan fingerprint density at radius 3 is 2.64 bits per heavy atom. The van der Waals surface area contributed by atoms with Gasteiger partial charge in [0.25, 0.3) is 0 Å². The lowest BCUT2D eigenvalue weighted by atomic mass is 9.44. The highest BCUT2D eigenvalue weighted by Gasteiger charge is 2.62. The van der Waals surface area contributed by atoms with E-state index in [1.807, 2.05) is 12.1 Å². The normalized spacial score (nSPS) is 41.7. The molecule has 6 heteroatoms. The number of aliphatic hydroxyl groups excluding tert-OH is 1. The number of nitrogens with one attached hydrogen (secondary N) is 1. The van der Waals surface area contributed by atoms with E-state index in [1.54, 1.807) is 11.3 Å². The lowest BCUT2D eigenvalue weighted by Crippen LogP contribution is -2.58. The van der Waals surface area contributed by atoms with Crippen LogP contribution in [-0.4, -0.2) is 22.9 Å². The summed E-state index contributed by atoms with van der Waals surface area (Å²) in [6.07, 6.45) is 8.97. The predicted octanol–water partition coefficient (Wildman–Crippen LogP) is 7.19. The van der Waals surface area contributed by atoms with Gasteiger partial charge in [0.15, 0.2) is 0 Å². The Balaban J connectivity index is 1.27. The molecular weight excluding hydrogens is 490 g/mol. The van der Waals surface area contributed by atoms with E-state index < -0.39 is 0 Å². The van der Waals surface area contributed by atoms with Crippen molar-refractivity contribution in [2.24, 2.45) is 46.3 Å². The summed E-state index contributed by atoms with van der Waals surface area (Å²) in [6.45, 7) is 9.27. The van der Waals surface area contributed by atoms with Crippen LogP contribution < -0.4 is 5.32 Å². The van der Waals surface area contributed by atoms with E-state index in [0.717, 1.165) is 54.2 Å². The van der Waals surface area contributed by atoms with Crippen LogP contribution >= 0.6 is 22.9 Å². The van der Waals surface area contributed by atoms with Gasteiger partial charge in [-0.15, -0.1) is 11.3 Å². The molecule has 4 aliphatic rings. The zero-order valence-electron chi connectivity index (χ0n) is 22.4. The molecule has 4 nitrogen and oxygen atoms in total. The number of carbonyl (C=O) groups excluding carboxylic acids is 2. The zero-order chi connectivity index (χ0) is 25.8. The fourth-order valence-electron chi connectivity index (χ4n) is 9.57. The summed E-state index contributed by atoms with van der Waals surface area (Å²) >= 11 is 7.68. The maximum atomic E-state index is 13.1. The van der Waals surface area contributed by atoms with Crippen LogP contribution in [0.15, 0.2) is 12.1 Å². The molecule has 0 bridgehead atoms. The summed E-state index contributed by atoms with van der Waals surface area (Å²) in [5.74, 6) is 3.10. The largest absolute Gasteiger partial charge is 0.393 e. The molecule has 2 unspecified atom stereocenters. The second-order valence-electron chi connectivity index (χ2n) is 13.1. The Morgan fingerprint density at radius 2 is 1.94 bits per heavy atom. The maximum absolute atomic E-state index is 13.1. The van der Waals surface area contributed by atoms with Crippen molar-refractivity contribution in [2.45, 2.75) is 104 Å². The van der Waals surface area contributed by atoms with Gasteiger partial charge in [-0.2, -0.15) is 0 Å². The monoisotopic (exact) mass is 533 g/mol. The van der Waals surface area contributed by atoms with Crippen molar-refractivity contribution in [3.05, 3.63) is 21.3 Å². The van der Waals surface area contributed by atoms with Crippen molar-refractivity contribution in [1.82, 2.24) is 5.32 Å². The second-order valence-corrected chi connectivity index (χ2v) is 14.9. The number of aliphatic hydroxyl groups is 1.